The lowest BCUT2D eigenvalue weighted by molar-refractivity contribution is -0.121. The van der Waals surface area contributed by atoms with Crippen molar-refractivity contribution in [1.82, 2.24) is 20.2 Å². The lowest BCUT2D eigenvalue weighted by Crippen LogP contribution is -2.45. The molecule has 1 saturated heterocycles. The molecule has 1 aromatic carbocycles. The summed E-state index contributed by atoms with van der Waals surface area (Å²) in [5.74, 6) is 0.486. The van der Waals surface area contributed by atoms with Gasteiger partial charge in [-0.25, -0.2) is 4.98 Å². The van der Waals surface area contributed by atoms with Crippen LogP contribution in [0.2, 0.25) is 0 Å². The van der Waals surface area contributed by atoms with Gasteiger partial charge in [0.1, 0.15) is 0 Å². The number of aromatic amines is 1. The first kappa shape index (κ1) is 19.1. The van der Waals surface area contributed by atoms with Crippen LogP contribution in [0.5, 0.6) is 0 Å². The van der Waals surface area contributed by atoms with Gasteiger partial charge in [-0.15, -0.1) is 0 Å². The van der Waals surface area contributed by atoms with E-state index >= 15 is 0 Å². The van der Waals surface area contributed by atoms with Crippen molar-refractivity contribution in [3.8, 4) is 0 Å². The number of anilines is 1. The van der Waals surface area contributed by atoms with Gasteiger partial charge in [0.15, 0.2) is 0 Å². The summed E-state index contributed by atoms with van der Waals surface area (Å²) in [7, 11) is 2.08. The highest BCUT2D eigenvalue weighted by Gasteiger charge is 2.19. The average molecular weight is 369 g/mol. The summed E-state index contributed by atoms with van der Waals surface area (Å²) in [6, 6.07) is 9.01. The Morgan fingerprint density at radius 1 is 1.22 bits per heavy atom. The lowest BCUT2D eigenvalue weighted by atomic mass is 10.1. The molecule has 2 heterocycles. The molecule has 27 heavy (non-hydrogen) atoms. The number of aryl methyl sites for hydroxylation is 1. The summed E-state index contributed by atoms with van der Waals surface area (Å²) in [5.41, 5.74) is 2.50. The summed E-state index contributed by atoms with van der Waals surface area (Å²) in [4.78, 5) is 36.2. The first-order chi connectivity index (χ1) is 12.9. The third-order valence-electron chi connectivity index (χ3n) is 4.86. The molecule has 0 radical (unpaired) electrons. The van der Waals surface area contributed by atoms with Gasteiger partial charge in [-0.2, -0.15) is 0 Å². The molecule has 0 saturated carbocycles. The van der Waals surface area contributed by atoms with E-state index in [4.69, 9.17) is 0 Å². The van der Waals surface area contributed by atoms with Gasteiger partial charge >= 0.3 is 0 Å². The van der Waals surface area contributed by atoms with Gasteiger partial charge in [-0.3, -0.25) is 14.6 Å². The maximum absolute atomic E-state index is 12.3. The highest BCUT2D eigenvalue weighted by atomic mass is 16.1. The molecule has 1 atom stereocenters. The number of nitrogens with one attached hydrogen (secondary N) is 2. The maximum atomic E-state index is 12.3. The third kappa shape index (κ3) is 5.17. The Kier molecular flexibility index (Phi) is 5.91. The minimum atomic E-state index is -0.337. The fraction of sp³-hybridized carbons (Fsp3) is 0.450. The molecule has 1 amide bonds. The molecule has 7 heteroatoms. The Balaban J connectivity index is 1.67. The van der Waals surface area contributed by atoms with Crippen LogP contribution in [0.1, 0.15) is 29.8 Å². The van der Waals surface area contributed by atoms with Gasteiger partial charge < -0.3 is 15.1 Å². The molecule has 1 unspecified atom stereocenters. The van der Waals surface area contributed by atoms with Gasteiger partial charge in [0.25, 0.3) is 5.56 Å². The first-order valence-electron chi connectivity index (χ1n) is 9.30. The summed E-state index contributed by atoms with van der Waals surface area (Å²) in [6.07, 6.45) is 0.305. The number of likely N-dealkylation sites (N-methyl/N-ethyl adjacent to an activating group) is 1. The quantitative estimate of drug-likeness (QED) is 0.829. The molecule has 1 aliphatic heterocycles. The Hall–Kier alpha value is -2.67. The number of benzene rings is 1. The molecular formula is C20H27N5O2. The topological polar surface area (TPSA) is 81.3 Å². The van der Waals surface area contributed by atoms with Crippen molar-refractivity contribution in [1.29, 1.82) is 0 Å². The molecule has 0 bridgehead atoms. The molecule has 2 N–H and O–H groups in total. The fourth-order valence-electron chi connectivity index (χ4n) is 3.11. The average Bonchev–Trinajstić information content (AvgIpc) is 2.63. The molecule has 1 aliphatic rings. The van der Waals surface area contributed by atoms with Crippen molar-refractivity contribution in [2.75, 3.05) is 38.1 Å². The van der Waals surface area contributed by atoms with E-state index in [1.807, 2.05) is 38.1 Å². The number of rotatable bonds is 5. The number of nitrogens with zero attached hydrogens (tertiary/aromatic N) is 3. The summed E-state index contributed by atoms with van der Waals surface area (Å²) in [6.45, 7) is 7.35. The van der Waals surface area contributed by atoms with Crippen LogP contribution >= 0.6 is 0 Å². The van der Waals surface area contributed by atoms with Crippen LogP contribution in [-0.2, 0) is 11.2 Å². The minimum Gasteiger partial charge on any atom is -0.348 e. The van der Waals surface area contributed by atoms with E-state index in [2.05, 4.69) is 32.1 Å². The molecular weight excluding hydrogens is 342 g/mol. The van der Waals surface area contributed by atoms with Crippen molar-refractivity contribution in [2.45, 2.75) is 26.3 Å². The van der Waals surface area contributed by atoms with Crippen molar-refractivity contribution in [3.63, 3.8) is 0 Å². The number of hydrogen-bond acceptors (Lipinski definition) is 5. The number of H-pyrrole nitrogens is 1. The van der Waals surface area contributed by atoms with Crippen LogP contribution < -0.4 is 15.8 Å². The number of aromatic nitrogens is 2. The highest BCUT2D eigenvalue weighted by molar-refractivity contribution is 5.78. The highest BCUT2D eigenvalue weighted by Crippen LogP contribution is 2.14. The number of hydrogen-bond donors (Lipinski definition) is 2. The SMILES string of the molecule is Cc1ccc(CC(=O)NC(C)c2cc(=O)[nH]c(N3CCN(C)CC3)n2)cc1. The molecule has 7 nitrogen and oxygen atoms in total. The second-order valence-electron chi connectivity index (χ2n) is 7.24. The zero-order valence-electron chi connectivity index (χ0n) is 16.2. The smallest absolute Gasteiger partial charge is 0.252 e. The van der Waals surface area contributed by atoms with Crippen LogP contribution in [0, 0.1) is 6.92 Å². The van der Waals surface area contributed by atoms with Crippen molar-refractivity contribution < 1.29 is 4.79 Å². The number of carbonyl (C=O) groups is 1. The van der Waals surface area contributed by atoms with E-state index in [0.717, 1.165) is 37.3 Å². The van der Waals surface area contributed by atoms with Crippen molar-refractivity contribution in [2.24, 2.45) is 0 Å². The first-order valence-corrected chi connectivity index (χ1v) is 9.30. The normalized spacial score (nSPS) is 16.2. The number of carbonyl (C=O) groups excluding carboxylic acids is 1. The van der Waals surface area contributed by atoms with E-state index in [1.165, 1.54) is 6.07 Å². The van der Waals surface area contributed by atoms with E-state index < -0.39 is 0 Å². The second-order valence-corrected chi connectivity index (χ2v) is 7.24. The minimum absolute atomic E-state index is 0.0884. The van der Waals surface area contributed by atoms with Crippen LogP contribution in [0.3, 0.4) is 0 Å². The second kappa shape index (κ2) is 8.35. The third-order valence-corrected chi connectivity index (χ3v) is 4.86. The molecule has 1 aromatic heterocycles. The fourth-order valence-corrected chi connectivity index (χ4v) is 3.11. The molecule has 2 aromatic rings. The Labute approximate surface area is 159 Å². The predicted octanol–water partition coefficient (Wildman–Crippen LogP) is 1.25. The standard InChI is InChI=1S/C20H27N5O2/c1-14-4-6-16(7-5-14)12-18(26)21-15(2)17-13-19(27)23-20(22-17)25-10-8-24(3)9-11-25/h4-7,13,15H,8-12H2,1-3H3,(H,21,26)(H,22,23,27). The largest absolute Gasteiger partial charge is 0.348 e. The van der Waals surface area contributed by atoms with Gasteiger partial charge in [0, 0.05) is 32.2 Å². The molecule has 1 fully saturated rings. The zero-order valence-corrected chi connectivity index (χ0v) is 16.2. The van der Waals surface area contributed by atoms with Crippen LogP contribution in [-0.4, -0.2) is 54.0 Å². The van der Waals surface area contributed by atoms with E-state index in [9.17, 15) is 9.59 Å². The van der Waals surface area contributed by atoms with Crippen molar-refractivity contribution in [3.05, 3.63) is 57.5 Å². The summed E-state index contributed by atoms with van der Waals surface area (Å²) < 4.78 is 0. The molecule has 0 aliphatic carbocycles. The van der Waals surface area contributed by atoms with E-state index in [1.54, 1.807) is 0 Å². The van der Waals surface area contributed by atoms with Crippen LogP contribution in [0.4, 0.5) is 5.95 Å². The number of piperazine rings is 1. The summed E-state index contributed by atoms with van der Waals surface area (Å²) >= 11 is 0. The van der Waals surface area contributed by atoms with Gasteiger partial charge in [0.05, 0.1) is 18.2 Å². The van der Waals surface area contributed by atoms with Gasteiger partial charge in [-0.05, 0) is 26.5 Å². The number of amides is 1. The molecule has 0 spiro atoms. The monoisotopic (exact) mass is 369 g/mol. The van der Waals surface area contributed by atoms with Gasteiger partial charge in [-0.1, -0.05) is 29.8 Å². The Bertz CT molecular complexity index is 838. The van der Waals surface area contributed by atoms with E-state index in [-0.39, 0.29) is 17.5 Å². The lowest BCUT2D eigenvalue weighted by Gasteiger charge is -2.32. The molecule has 144 valence electrons. The van der Waals surface area contributed by atoms with E-state index in [0.29, 0.717) is 18.1 Å². The maximum Gasteiger partial charge on any atom is 0.252 e. The van der Waals surface area contributed by atoms with Gasteiger partial charge in [0.2, 0.25) is 11.9 Å². The van der Waals surface area contributed by atoms with Crippen LogP contribution in [0.15, 0.2) is 35.1 Å². The van der Waals surface area contributed by atoms with Crippen LogP contribution in [0.25, 0.3) is 0 Å². The Morgan fingerprint density at radius 3 is 2.56 bits per heavy atom. The summed E-state index contributed by atoms with van der Waals surface area (Å²) in [5, 5.41) is 2.94. The zero-order chi connectivity index (χ0) is 19.4. The Morgan fingerprint density at radius 2 is 1.89 bits per heavy atom. The van der Waals surface area contributed by atoms with Crippen molar-refractivity contribution >= 4 is 11.9 Å². The predicted molar refractivity (Wildman–Crippen MR) is 106 cm³/mol. The molecule has 3 rings (SSSR count).